The lowest BCUT2D eigenvalue weighted by Gasteiger charge is -2.04. The average molecular weight is 189 g/mol. The fourth-order valence-corrected chi connectivity index (χ4v) is 1.82. The van der Waals surface area contributed by atoms with E-state index in [-0.39, 0.29) is 0 Å². The Kier molecular flexibility index (Phi) is 1.70. The molecular formula is C9H11N5. The van der Waals surface area contributed by atoms with Gasteiger partial charge < -0.3 is 10.3 Å². The monoisotopic (exact) mass is 189 g/mol. The molecule has 3 heterocycles. The molecule has 0 aromatic carbocycles. The van der Waals surface area contributed by atoms with Crippen LogP contribution in [0, 0.1) is 0 Å². The number of aromatic nitrogens is 4. The Bertz CT molecular complexity index is 443. The van der Waals surface area contributed by atoms with Crippen molar-refractivity contribution in [1.82, 2.24) is 25.3 Å². The maximum atomic E-state index is 4.45. The lowest BCUT2D eigenvalue weighted by Crippen LogP contribution is -2.10. The van der Waals surface area contributed by atoms with E-state index in [1.54, 1.807) is 12.5 Å². The molecule has 1 atom stereocenters. The van der Waals surface area contributed by atoms with Crippen LogP contribution in [-0.2, 0) is 0 Å². The number of nitrogens with one attached hydrogen (secondary N) is 2. The van der Waals surface area contributed by atoms with Gasteiger partial charge in [0.25, 0.3) is 0 Å². The van der Waals surface area contributed by atoms with E-state index in [0.717, 1.165) is 36.5 Å². The van der Waals surface area contributed by atoms with Gasteiger partial charge in [0.1, 0.15) is 11.3 Å². The van der Waals surface area contributed by atoms with Crippen molar-refractivity contribution in [3.05, 3.63) is 18.3 Å². The quantitative estimate of drug-likeness (QED) is 0.682. The van der Waals surface area contributed by atoms with Gasteiger partial charge in [-0.1, -0.05) is 0 Å². The van der Waals surface area contributed by atoms with Crippen molar-refractivity contribution in [3.63, 3.8) is 0 Å². The number of hydrogen-bond acceptors (Lipinski definition) is 4. The van der Waals surface area contributed by atoms with Gasteiger partial charge in [-0.05, 0) is 13.0 Å². The molecule has 0 saturated carbocycles. The van der Waals surface area contributed by atoms with Crippen molar-refractivity contribution in [1.29, 1.82) is 0 Å². The van der Waals surface area contributed by atoms with E-state index >= 15 is 0 Å². The summed E-state index contributed by atoms with van der Waals surface area (Å²) in [6, 6.07) is 0. The molecule has 0 spiro atoms. The van der Waals surface area contributed by atoms with Crippen LogP contribution in [0.4, 0.5) is 0 Å². The van der Waals surface area contributed by atoms with Crippen LogP contribution in [0.1, 0.15) is 18.2 Å². The first kappa shape index (κ1) is 7.87. The van der Waals surface area contributed by atoms with Crippen LogP contribution in [0.3, 0.4) is 0 Å². The first-order valence-corrected chi connectivity index (χ1v) is 4.80. The molecule has 0 radical (unpaired) electrons. The van der Waals surface area contributed by atoms with Gasteiger partial charge >= 0.3 is 0 Å². The van der Waals surface area contributed by atoms with Gasteiger partial charge in [-0.15, -0.1) is 0 Å². The fourth-order valence-electron chi connectivity index (χ4n) is 1.82. The van der Waals surface area contributed by atoms with Gasteiger partial charge in [0.2, 0.25) is 0 Å². The molecule has 1 aliphatic rings. The zero-order valence-corrected chi connectivity index (χ0v) is 7.70. The van der Waals surface area contributed by atoms with E-state index in [1.807, 2.05) is 0 Å². The minimum absolute atomic E-state index is 0.461. The molecule has 1 unspecified atom stereocenters. The molecule has 1 saturated heterocycles. The van der Waals surface area contributed by atoms with E-state index in [0.29, 0.717) is 5.92 Å². The summed E-state index contributed by atoms with van der Waals surface area (Å²) in [5.74, 6) is 1.38. The van der Waals surface area contributed by atoms with Gasteiger partial charge in [-0.25, -0.2) is 15.0 Å². The van der Waals surface area contributed by atoms with Crippen LogP contribution in [0.25, 0.3) is 11.2 Å². The van der Waals surface area contributed by atoms with E-state index < -0.39 is 0 Å². The Labute approximate surface area is 81.0 Å². The number of rotatable bonds is 1. The molecule has 0 amide bonds. The van der Waals surface area contributed by atoms with Crippen molar-refractivity contribution in [2.45, 2.75) is 12.3 Å². The van der Waals surface area contributed by atoms with Crippen molar-refractivity contribution in [3.8, 4) is 0 Å². The third-order valence-corrected chi connectivity index (χ3v) is 2.62. The number of nitrogens with zero attached hydrogens (tertiary/aromatic N) is 3. The molecule has 0 bridgehead atoms. The number of imidazole rings is 1. The third-order valence-electron chi connectivity index (χ3n) is 2.62. The highest BCUT2D eigenvalue weighted by Gasteiger charge is 2.19. The molecule has 2 aromatic heterocycles. The fraction of sp³-hybridized carbons (Fsp3) is 0.444. The second kappa shape index (κ2) is 3.02. The van der Waals surface area contributed by atoms with Crippen molar-refractivity contribution >= 4 is 11.2 Å². The summed E-state index contributed by atoms with van der Waals surface area (Å²) in [7, 11) is 0. The van der Waals surface area contributed by atoms with Crippen molar-refractivity contribution in [2.24, 2.45) is 0 Å². The normalized spacial score (nSPS) is 21.9. The van der Waals surface area contributed by atoms with E-state index in [9.17, 15) is 0 Å². The Morgan fingerprint density at radius 1 is 1.36 bits per heavy atom. The maximum absolute atomic E-state index is 4.45. The highest BCUT2D eigenvalue weighted by Crippen LogP contribution is 2.19. The number of hydrogen-bond donors (Lipinski definition) is 2. The molecule has 3 rings (SSSR count). The second-order valence-electron chi connectivity index (χ2n) is 3.55. The number of aromatic amines is 1. The number of fused-ring (bicyclic) bond motifs is 1. The summed E-state index contributed by atoms with van der Waals surface area (Å²) in [6.07, 6.45) is 4.56. The topological polar surface area (TPSA) is 66.5 Å². The highest BCUT2D eigenvalue weighted by molar-refractivity contribution is 5.68. The summed E-state index contributed by atoms with van der Waals surface area (Å²) in [5, 5.41) is 3.31. The van der Waals surface area contributed by atoms with Crippen molar-refractivity contribution < 1.29 is 0 Å². The van der Waals surface area contributed by atoms with Gasteiger partial charge in [0, 0.05) is 12.5 Å². The number of H-pyrrole nitrogens is 1. The lowest BCUT2D eigenvalue weighted by atomic mass is 10.1. The first-order chi connectivity index (χ1) is 6.93. The largest absolute Gasteiger partial charge is 0.329 e. The molecule has 2 N–H and O–H groups in total. The predicted octanol–water partition coefficient (Wildman–Crippen LogP) is 0.430. The SMILES string of the molecule is c1nc2cnc(C3CCNC3)nc2[nH]1. The van der Waals surface area contributed by atoms with Gasteiger partial charge in [0.15, 0.2) is 5.65 Å². The van der Waals surface area contributed by atoms with Gasteiger partial charge in [-0.3, -0.25) is 0 Å². The minimum Gasteiger partial charge on any atom is -0.329 e. The zero-order valence-electron chi connectivity index (χ0n) is 7.70. The Balaban J connectivity index is 2.04. The summed E-state index contributed by atoms with van der Waals surface area (Å²) >= 11 is 0. The van der Waals surface area contributed by atoms with Gasteiger partial charge in [0.05, 0.1) is 12.5 Å². The predicted molar refractivity (Wildman–Crippen MR) is 51.9 cm³/mol. The molecule has 1 fully saturated rings. The summed E-state index contributed by atoms with van der Waals surface area (Å²) in [5.41, 5.74) is 1.67. The minimum atomic E-state index is 0.461. The van der Waals surface area contributed by atoms with Crippen LogP contribution in [0.15, 0.2) is 12.5 Å². The first-order valence-electron chi connectivity index (χ1n) is 4.80. The third kappa shape index (κ3) is 1.17. The van der Waals surface area contributed by atoms with E-state index in [2.05, 4.69) is 25.3 Å². The van der Waals surface area contributed by atoms with Crippen molar-refractivity contribution in [2.75, 3.05) is 13.1 Å². The maximum Gasteiger partial charge on any atom is 0.160 e. The smallest absolute Gasteiger partial charge is 0.160 e. The molecule has 72 valence electrons. The Morgan fingerprint density at radius 3 is 3.21 bits per heavy atom. The van der Waals surface area contributed by atoms with Crippen LogP contribution < -0.4 is 5.32 Å². The van der Waals surface area contributed by atoms with E-state index in [4.69, 9.17) is 0 Å². The summed E-state index contributed by atoms with van der Waals surface area (Å²) in [6.45, 7) is 2.05. The van der Waals surface area contributed by atoms with Crippen LogP contribution >= 0.6 is 0 Å². The van der Waals surface area contributed by atoms with Crippen LogP contribution in [0.5, 0.6) is 0 Å². The van der Waals surface area contributed by atoms with Gasteiger partial charge in [-0.2, -0.15) is 0 Å². The molecule has 2 aromatic rings. The second-order valence-corrected chi connectivity index (χ2v) is 3.55. The molecule has 5 heteroatoms. The molecule has 14 heavy (non-hydrogen) atoms. The van der Waals surface area contributed by atoms with E-state index in [1.165, 1.54) is 0 Å². The summed E-state index contributed by atoms with van der Waals surface area (Å²) in [4.78, 5) is 15.9. The Hall–Kier alpha value is -1.49. The molecule has 0 aliphatic carbocycles. The molecule has 1 aliphatic heterocycles. The highest BCUT2D eigenvalue weighted by atomic mass is 15.0. The zero-order chi connectivity index (χ0) is 9.38. The van der Waals surface area contributed by atoms with Crippen LogP contribution in [0.2, 0.25) is 0 Å². The summed E-state index contributed by atoms with van der Waals surface area (Å²) < 4.78 is 0. The Morgan fingerprint density at radius 2 is 2.36 bits per heavy atom. The average Bonchev–Trinajstić information content (AvgIpc) is 2.88. The molecule has 5 nitrogen and oxygen atoms in total. The van der Waals surface area contributed by atoms with Crippen LogP contribution in [-0.4, -0.2) is 33.0 Å². The standard InChI is InChI=1S/C9H11N5/c1-2-10-3-6(1)8-11-4-7-9(14-8)13-5-12-7/h4-6,10H,1-3H2,(H,11,12,13,14). The lowest BCUT2D eigenvalue weighted by molar-refractivity contribution is 0.706. The molecular weight excluding hydrogens is 178 g/mol.